The molecule has 0 N–H and O–H groups in total. The quantitative estimate of drug-likeness (QED) is 0.471. The summed E-state index contributed by atoms with van der Waals surface area (Å²) in [6.07, 6.45) is 1.52. The summed E-state index contributed by atoms with van der Waals surface area (Å²) in [5.74, 6) is 0.0329. The summed E-state index contributed by atoms with van der Waals surface area (Å²) < 4.78 is 5.30. The van der Waals surface area contributed by atoms with Crippen LogP contribution in [0.5, 0.6) is 5.75 Å². The second-order valence-electron chi connectivity index (χ2n) is 4.00. The van der Waals surface area contributed by atoms with E-state index in [-0.39, 0.29) is 10.7 Å². The Bertz CT molecular complexity index is 596. The summed E-state index contributed by atoms with van der Waals surface area (Å²) in [5, 5.41) is 0.146. The van der Waals surface area contributed by atoms with Crippen LogP contribution in [0.3, 0.4) is 0 Å². The number of carbonyl (C=O) groups excluding carboxylic acids is 1. The van der Waals surface area contributed by atoms with Gasteiger partial charge in [0.2, 0.25) is 0 Å². The van der Waals surface area contributed by atoms with E-state index in [4.69, 9.17) is 16.3 Å². The zero-order chi connectivity index (χ0) is 13.1. The fourth-order valence-electron chi connectivity index (χ4n) is 1.61. The predicted octanol–water partition coefficient (Wildman–Crippen LogP) is 3.57. The Kier molecular flexibility index (Phi) is 3.63. The zero-order valence-electron chi connectivity index (χ0n) is 10.1. The van der Waals surface area contributed by atoms with Crippen molar-refractivity contribution in [1.82, 2.24) is 4.98 Å². The van der Waals surface area contributed by atoms with Gasteiger partial charge in [-0.25, -0.2) is 9.78 Å². The SMILES string of the molecule is Cc1ccc(OC(=O)c2cccnc2Cl)c(C)c1. The van der Waals surface area contributed by atoms with E-state index in [0.717, 1.165) is 11.1 Å². The van der Waals surface area contributed by atoms with Crippen LogP contribution in [0.4, 0.5) is 0 Å². The van der Waals surface area contributed by atoms with Gasteiger partial charge in [-0.05, 0) is 37.6 Å². The van der Waals surface area contributed by atoms with Crippen molar-refractivity contribution in [3.8, 4) is 5.75 Å². The number of rotatable bonds is 2. The van der Waals surface area contributed by atoms with Gasteiger partial charge in [-0.3, -0.25) is 0 Å². The van der Waals surface area contributed by atoms with Crippen LogP contribution in [0.1, 0.15) is 21.5 Å². The van der Waals surface area contributed by atoms with Crippen molar-refractivity contribution in [3.63, 3.8) is 0 Å². The van der Waals surface area contributed by atoms with Crippen molar-refractivity contribution < 1.29 is 9.53 Å². The predicted molar refractivity (Wildman–Crippen MR) is 70.1 cm³/mol. The van der Waals surface area contributed by atoms with Gasteiger partial charge in [-0.2, -0.15) is 0 Å². The fraction of sp³-hybridized carbons (Fsp3) is 0.143. The molecule has 0 aliphatic heterocycles. The Morgan fingerprint density at radius 1 is 1.28 bits per heavy atom. The topological polar surface area (TPSA) is 39.2 Å². The fourth-order valence-corrected chi connectivity index (χ4v) is 1.80. The molecule has 0 saturated carbocycles. The molecule has 2 aromatic rings. The van der Waals surface area contributed by atoms with E-state index in [2.05, 4.69) is 4.98 Å². The third kappa shape index (κ3) is 2.68. The summed E-state index contributed by atoms with van der Waals surface area (Å²) in [7, 11) is 0. The van der Waals surface area contributed by atoms with Crippen LogP contribution >= 0.6 is 11.6 Å². The van der Waals surface area contributed by atoms with Gasteiger partial charge < -0.3 is 4.74 Å². The Morgan fingerprint density at radius 3 is 2.72 bits per heavy atom. The molecule has 1 heterocycles. The van der Waals surface area contributed by atoms with E-state index >= 15 is 0 Å². The molecule has 0 fully saturated rings. The maximum Gasteiger partial charge on any atom is 0.346 e. The van der Waals surface area contributed by atoms with E-state index in [1.54, 1.807) is 18.2 Å². The van der Waals surface area contributed by atoms with Gasteiger partial charge in [0.25, 0.3) is 0 Å². The van der Waals surface area contributed by atoms with Crippen LogP contribution in [-0.2, 0) is 0 Å². The summed E-state index contributed by atoms with van der Waals surface area (Å²) in [4.78, 5) is 15.8. The van der Waals surface area contributed by atoms with Crippen LogP contribution in [0.15, 0.2) is 36.5 Å². The number of benzene rings is 1. The molecule has 4 heteroatoms. The Morgan fingerprint density at radius 2 is 2.06 bits per heavy atom. The number of aryl methyl sites for hydroxylation is 2. The van der Waals surface area contributed by atoms with Gasteiger partial charge in [0.1, 0.15) is 10.9 Å². The lowest BCUT2D eigenvalue weighted by molar-refractivity contribution is 0.0733. The molecule has 1 aromatic heterocycles. The minimum absolute atomic E-state index is 0.146. The number of pyridine rings is 1. The smallest absolute Gasteiger partial charge is 0.346 e. The second-order valence-corrected chi connectivity index (χ2v) is 4.36. The van der Waals surface area contributed by atoms with Crippen molar-refractivity contribution in [2.75, 3.05) is 0 Å². The molecule has 0 saturated heterocycles. The van der Waals surface area contributed by atoms with Gasteiger partial charge >= 0.3 is 5.97 Å². The summed E-state index contributed by atoms with van der Waals surface area (Å²) in [6.45, 7) is 3.87. The molecule has 0 amide bonds. The van der Waals surface area contributed by atoms with Gasteiger partial charge in [-0.15, -0.1) is 0 Å². The largest absolute Gasteiger partial charge is 0.423 e. The van der Waals surface area contributed by atoms with Gasteiger partial charge in [0.05, 0.1) is 5.56 Å². The first-order chi connectivity index (χ1) is 8.58. The third-order valence-electron chi connectivity index (χ3n) is 2.51. The van der Waals surface area contributed by atoms with Crippen LogP contribution in [0.2, 0.25) is 5.15 Å². The number of nitrogens with zero attached hydrogens (tertiary/aromatic N) is 1. The molecule has 18 heavy (non-hydrogen) atoms. The van der Waals surface area contributed by atoms with E-state index in [9.17, 15) is 4.79 Å². The first-order valence-electron chi connectivity index (χ1n) is 5.48. The molecule has 0 radical (unpaired) electrons. The molecule has 0 atom stereocenters. The van der Waals surface area contributed by atoms with E-state index in [0.29, 0.717) is 5.75 Å². The molecular formula is C14H12ClNO2. The second kappa shape index (κ2) is 5.19. The molecule has 3 nitrogen and oxygen atoms in total. The lowest BCUT2D eigenvalue weighted by Gasteiger charge is -2.08. The molecule has 0 bridgehead atoms. The average Bonchev–Trinajstić information content (AvgIpc) is 2.33. The lowest BCUT2D eigenvalue weighted by atomic mass is 10.1. The van der Waals surface area contributed by atoms with E-state index < -0.39 is 5.97 Å². The Labute approximate surface area is 110 Å². The highest BCUT2D eigenvalue weighted by atomic mass is 35.5. The van der Waals surface area contributed by atoms with Crippen molar-refractivity contribution in [3.05, 3.63) is 58.4 Å². The molecule has 92 valence electrons. The van der Waals surface area contributed by atoms with Crippen LogP contribution < -0.4 is 4.74 Å². The third-order valence-corrected chi connectivity index (χ3v) is 2.81. The molecule has 2 rings (SSSR count). The molecule has 1 aromatic carbocycles. The number of hydrogen-bond acceptors (Lipinski definition) is 3. The molecule has 0 aliphatic carbocycles. The highest BCUT2D eigenvalue weighted by molar-refractivity contribution is 6.32. The van der Waals surface area contributed by atoms with E-state index in [1.807, 2.05) is 26.0 Å². The zero-order valence-corrected chi connectivity index (χ0v) is 10.9. The van der Waals surface area contributed by atoms with E-state index in [1.165, 1.54) is 6.20 Å². The van der Waals surface area contributed by atoms with Crippen molar-refractivity contribution in [2.45, 2.75) is 13.8 Å². The molecule has 0 unspecified atom stereocenters. The maximum atomic E-state index is 11.9. The van der Waals surface area contributed by atoms with Crippen molar-refractivity contribution in [1.29, 1.82) is 0 Å². The first kappa shape index (κ1) is 12.6. The van der Waals surface area contributed by atoms with Crippen LogP contribution in [0, 0.1) is 13.8 Å². The van der Waals surface area contributed by atoms with Gasteiger partial charge in [0.15, 0.2) is 0 Å². The van der Waals surface area contributed by atoms with Crippen molar-refractivity contribution >= 4 is 17.6 Å². The summed E-state index contributed by atoms with van der Waals surface area (Å²) >= 11 is 5.84. The van der Waals surface area contributed by atoms with Crippen LogP contribution in [-0.4, -0.2) is 11.0 Å². The summed E-state index contributed by atoms with van der Waals surface area (Å²) in [6, 6.07) is 8.84. The highest BCUT2D eigenvalue weighted by Crippen LogP contribution is 2.21. The standard InChI is InChI=1S/C14H12ClNO2/c1-9-5-6-12(10(2)8-9)18-14(17)11-4-3-7-16-13(11)15/h3-8H,1-2H3. The van der Waals surface area contributed by atoms with Crippen molar-refractivity contribution in [2.24, 2.45) is 0 Å². The number of halogens is 1. The molecule has 0 spiro atoms. The minimum Gasteiger partial charge on any atom is -0.423 e. The Hall–Kier alpha value is -1.87. The monoisotopic (exact) mass is 261 g/mol. The minimum atomic E-state index is -0.500. The average molecular weight is 262 g/mol. The number of hydrogen-bond donors (Lipinski definition) is 0. The lowest BCUT2D eigenvalue weighted by Crippen LogP contribution is -2.10. The maximum absolute atomic E-state index is 11.9. The summed E-state index contributed by atoms with van der Waals surface area (Å²) in [5.41, 5.74) is 2.29. The molecular weight excluding hydrogens is 250 g/mol. The number of carbonyl (C=O) groups is 1. The molecule has 0 aliphatic rings. The number of esters is 1. The van der Waals surface area contributed by atoms with Gasteiger partial charge in [-0.1, -0.05) is 29.3 Å². The first-order valence-corrected chi connectivity index (χ1v) is 5.85. The Balaban J connectivity index is 2.24. The highest BCUT2D eigenvalue weighted by Gasteiger charge is 2.14. The number of aromatic nitrogens is 1. The normalized spacial score (nSPS) is 10.2. The number of ether oxygens (including phenoxy) is 1. The van der Waals surface area contributed by atoms with Gasteiger partial charge in [0, 0.05) is 6.20 Å². The van der Waals surface area contributed by atoms with Crippen LogP contribution in [0.25, 0.3) is 0 Å².